The molecule has 1 aromatic rings. The average molecular weight is 237 g/mol. The molecule has 1 N–H and O–H groups in total. The Balaban J connectivity index is 2.31. The highest BCUT2D eigenvalue weighted by atomic mass is 15.1. The zero-order valence-electron chi connectivity index (χ0n) is 11.6. The van der Waals surface area contributed by atoms with E-state index in [1.807, 2.05) is 6.20 Å². The van der Waals surface area contributed by atoms with Crippen molar-refractivity contribution >= 4 is 0 Å². The molecule has 0 saturated carbocycles. The second kappa shape index (κ2) is 8.29. The van der Waals surface area contributed by atoms with Gasteiger partial charge in [0.2, 0.25) is 0 Å². The topological polar surface area (TPSA) is 29.9 Å². The highest BCUT2D eigenvalue weighted by Crippen LogP contribution is 2.07. The van der Waals surface area contributed by atoms with Crippen molar-refractivity contribution in [2.24, 2.45) is 0 Å². The van der Waals surface area contributed by atoms with Crippen LogP contribution in [0.3, 0.4) is 0 Å². The Morgan fingerprint density at radius 3 is 2.82 bits per heavy atom. The fourth-order valence-electron chi connectivity index (χ4n) is 2.24. The minimum absolute atomic E-state index is 0.679. The van der Waals surface area contributed by atoms with E-state index < -0.39 is 0 Å². The van der Waals surface area contributed by atoms with Crippen molar-refractivity contribution in [1.82, 2.24) is 14.9 Å². The van der Waals surface area contributed by atoms with Crippen LogP contribution in [0.2, 0.25) is 0 Å². The van der Waals surface area contributed by atoms with Crippen LogP contribution in [0.15, 0.2) is 12.4 Å². The van der Waals surface area contributed by atoms with Crippen LogP contribution < -0.4 is 5.32 Å². The van der Waals surface area contributed by atoms with E-state index in [4.69, 9.17) is 0 Å². The van der Waals surface area contributed by atoms with Gasteiger partial charge in [-0.3, -0.25) is 0 Å². The van der Waals surface area contributed by atoms with Crippen LogP contribution >= 0.6 is 0 Å². The van der Waals surface area contributed by atoms with Gasteiger partial charge >= 0.3 is 0 Å². The van der Waals surface area contributed by atoms with Crippen LogP contribution in [0, 0.1) is 0 Å². The first-order chi connectivity index (χ1) is 8.31. The fraction of sp³-hybridized carbons (Fsp3) is 0.786. The maximum atomic E-state index is 4.41. The van der Waals surface area contributed by atoms with Gasteiger partial charge in [-0.05, 0) is 32.2 Å². The van der Waals surface area contributed by atoms with Crippen LogP contribution in [0.5, 0.6) is 0 Å². The summed E-state index contributed by atoms with van der Waals surface area (Å²) >= 11 is 0. The van der Waals surface area contributed by atoms with E-state index in [0.29, 0.717) is 6.04 Å². The SMILES string of the molecule is CCCc1nccn1CCCC(CC)NCC. The second-order valence-corrected chi connectivity index (χ2v) is 4.59. The van der Waals surface area contributed by atoms with E-state index in [-0.39, 0.29) is 0 Å². The molecular weight excluding hydrogens is 210 g/mol. The van der Waals surface area contributed by atoms with Gasteiger partial charge in [0.15, 0.2) is 0 Å². The molecule has 3 heteroatoms. The van der Waals surface area contributed by atoms with E-state index in [2.05, 4.69) is 41.8 Å². The number of hydrogen-bond donors (Lipinski definition) is 1. The van der Waals surface area contributed by atoms with Crippen molar-refractivity contribution in [3.05, 3.63) is 18.2 Å². The van der Waals surface area contributed by atoms with Gasteiger partial charge in [-0.15, -0.1) is 0 Å². The van der Waals surface area contributed by atoms with Crippen molar-refractivity contribution in [3.63, 3.8) is 0 Å². The Kier molecular flexibility index (Phi) is 6.94. The third kappa shape index (κ3) is 4.90. The Labute approximate surface area is 106 Å². The zero-order valence-corrected chi connectivity index (χ0v) is 11.6. The summed E-state index contributed by atoms with van der Waals surface area (Å²) in [5, 5.41) is 3.53. The largest absolute Gasteiger partial charge is 0.335 e. The van der Waals surface area contributed by atoms with E-state index in [1.54, 1.807) is 0 Å². The molecule has 0 fully saturated rings. The molecule has 1 unspecified atom stereocenters. The second-order valence-electron chi connectivity index (χ2n) is 4.59. The first-order valence-corrected chi connectivity index (χ1v) is 7.05. The summed E-state index contributed by atoms with van der Waals surface area (Å²) in [5.74, 6) is 1.24. The third-order valence-electron chi connectivity index (χ3n) is 3.21. The minimum atomic E-state index is 0.679. The Bertz CT molecular complexity index is 293. The van der Waals surface area contributed by atoms with Gasteiger partial charge in [-0.2, -0.15) is 0 Å². The lowest BCUT2D eigenvalue weighted by Gasteiger charge is -2.16. The fourth-order valence-corrected chi connectivity index (χ4v) is 2.24. The zero-order chi connectivity index (χ0) is 12.5. The van der Waals surface area contributed by atoms with Crippen molar-refractivity contribution in [1.29, 1.82) is 0 Å². The quantitative estimate of drug-likeness (QED) is 0.715. The molecule has 1 rings (SSSR count). The molecule has 0 amide bonds. The Morgan fingerprint density at radius 2 is 2.18 bits per heavy atom. The number of rotatable bonds is 9. The number of imidazole rings is 1. The predicted octanol–water partition coefficient (Wildman–Crippen LogP) is 3.00. The summed E-state index contributed by atoms with van der Waals surface area (Å²) in [7, 11) is 0. The van der Waals surface area contributed by atoms with E-state index >= 15 is 0 Å². The van der Waals surface area contributed by atoms with E-state index in [9.17, 15) is 0 Å². The lowest BCUT2D eigenvalue weighted by Crippen LogP contribution is -2.28. The summed E-state index contributed by atoms with van der Waals surface area (Å²) in [4.78, 5) is 4.41. The van der Waals surface area contributed by atoms with Gasteiger partial charge in [-0.1, -0.05) is 20.8 Å². The number of aromatic nitrogens is 2. The third-order valence-corrected chi connectivity index (χ3v) is 3.21. The molecule has 1 heterocycles. The normalized spacial score (nSPS) is 12.9. The summed E-state index contributed by atoms with van der Waals surface area (Å²) in [6.07, 6.45) is 10.0. The molecule has 0 aliphatic carbocycles. The van der Waals surface area contributed by atoms with Gasteiger partial charge in [-0.25, -0.2) is 4.98 Å². The first kappa shape index (κ1) is 14.2. The maximum Gasteiger partial charge on any atom is 0.108 e. The van der Waals surface area contributed by atoms with Gasteiger partial charge < -0.3 is 9.88 Å². The predicted molar refractivity (Wildman–Crippen MR) is 73.2 cm³/mol. The molecule has 98 valence electrons. The smallest absolute Gasteiger partial charge is 0.108 e. The molecule has 0 radical (unpaired) electrons. The molecule has 0 aromatic carbocycles. The lowest BCUT2D eigenvalue weighted by molar-refractivity contribution is 0.445. The number of nitrogens with zero attached hydrogens (tertiary/aromatic N) is 2. The van der Waals surface area contributed by atoms with Crippen LogP contribution in [0.1, 0.15) is 52.3 Å². The van der Waals surface area contributed by atoms with Crippen molar-refractivity contribution in [2.45, 2.75) is 65.5 Å². The Morgan fingerprint density at radius 1 is 1.35 bits per heavy atom. The highest BCUT2D eigenvalue weighted by Gasteiger charge is 2.05. The molecule has 0 aliphatic heterocycles. The van der Waals surface area contributed by atoms with Crippen LogP contribution in [0.4, 0.5) is 0 Å². The number of nitrogens with one attached hydrogen (secondary N) is 1. The van der Waals surface area contributed by atoms with E-state index in [1.165, 1.54) is 31.5 Å². The molecule has 3 nitrogen and oxygen atoms in total. The van der Waals surface area contributed by atoms with Crippen LogP contribution in [0.25, 0.3) is 0 Å². The summed E-state index contributed by atoms with van der Waals surface area (Å²) in [5.41, 5.74) is 0. The lowest BCUT2D eigenvalue weighted by atomic mass is 10.1. The summed E-state index contributed by atoms with van der Waals surface area (Å²) < 4.78 is 2.31. The minimum Gasteiger partial charge on any atom is -0.335 e. The molecule has 1 atom stereocenters. The monoisotopic (exact) mass is 237 g/mol. The van der Waals surface area contributed by atoms with Crippen LogP contribution in [-0.2, 0) is 13.0 Å². The van der Waals surface area contributed by atoms with Gasteiger partial charge in [0.25, 0.3) is 0 Å². The van der Waals surface area contributed by atoms with Crippen molar-refractivity contribution in [3.8, 4) is 0 Å². The molecule has 0 aliphatic rings. The maximum absolute atomic E-state index is 4.41. The molecule has 1 aromatic heterocycles. The van der Waals surface area contributed by atoms with Crippen molar-refractivity contribution in [2.75, 3.05) is 6.54 Å². The molecule has 17 heavy (non-hydrogen) atoms. The van der Waals surface area contributed by atoms with Crippen molar-refractivity contribution < 1.29 is 0 Å². The molecule has 0 spiro atoms. The standard InChI is InChI=1S/C14H27N3/c1-4-8-14-16-10-12-17(14)11-7-9-13(5-2)15-6-3/h10,12-13,15H,4-9,11H2,1-3H3. The molecule has 0 saturated heterocycles. The van der Waals surface area contributed by atoms with Crippen LogP contribution in [-0.4, -0.2) is 22.1 Å². The number of hydrogen-bond acceptors (Lipinski definition) is 2. The van der Waals surface area contributed by atoms with Gasteiger partial charge in [0.1, 0.15) is 5.82 Å². The first-order valence-electron chi connectivity index (χ1n) is 7.05. The molecule has 0 bridgehead atoms. The van der Waals surface area contributed by atoms with Gasteiger partial charge in [0, 0.05) is 31.4 Å². The van der Waals surface area contributed by atoms with Gasteiger partial charge in [0.05, 0.1) is 0 Å². The number of aryl methyl sites for hydroxylation is 2. The summed E-state index contributed by atoms with van der Waals surface area (Å²) in [6.45, 7) is 8.82. The molecular formula is C14H27N3. The highest BCUT2D eigenvalue weighted by molar-refractivity contribution is 4.92. The summed E-state index contributed by atoms with van der Waals surface area (Å²) in [6, 6.07) is 0.679. The Hall–Kier alpha value is -0.830. The average Bonchev–Trinajstić information content (AvgIpc) is 2.76. The van der Waals surface area contributed by atoms with E-state index in [0.717, 1.165) is 19.5 Å².